The van der Waals surface area contributed by atoms with Gasteiger partial charge in [0.15, 0.2) is 6.61 Å². The third-order valence-electron chi connectivity index (χ3n) is 8.06. The third kappa shape index (κ3) is 4.32. The van der Waals surface area contributed by atoms with Crippen LogP contribution in [-0.4, -0.2) is 35.1 Å². The molecule has 7 heteroatoms. The zero-order valence-electron chi connectivity index (χ0n) is 21.6. The van der Waals surface area contributed by atoms with Crippen LogP contribution in [0.25, 0.3) is 11.0 Å². The Hall–Kier alpha value is -4.13. The molecule has 2 aliphatic rings. The van der Waals surface area contributed by atoms with Gasteiger partial charge in [-0.3, -0.25) is 9.59 Å². The van der Waals surface area contributed by atoms with E-state index in [9.17, 15) is 14.4 Å². The first kappa shape index (κ1) is 24.2. The molecule has 4 heterocycles. The van der Waals surface area contributed by atoms with Gasteiger partial charge in [-0.2, -0.15) is 0 Å². The lowest BCUT2D eigenvalue weighted by Gasteiger charge is -2.42. The number of hydrogen-bond acceptors (Lipinski definition) is 5. The minimum absolute atomic E-state index is 0.0289. The largest absolute Gasteiger partial charge is 0.483 e. The van der Waals surface area contributed by atoms with Crippen molar-refractivity contribution >= 4 is 16.9 Å². The number of aryl methyl sites for hydroxylation is 2. The molecule has 2 atom stereocenters. The van der Waals surface area contributed by atoms with E-state index >= 15 is 0 Å². The van der Waals surface area contributed by atoms with Gasteiger partial charge >= 0.3 is 5.63 Å². The van der Waals surface area contributed by atoms with Gasteiger partial charge in [-0.15, -0.1) is 0 Å². The quantitative estimate of drug-likeness (QED) is 0.376. The summed E-state index contributed by atoms with van der Waals surface area (Å²) in [5.41, 5.74) is 4.46. The number of hydrogen-bond donors (Lipinski definition) is 0. The van der Waals surface area contributed by atoms with Crippen LogP contribution in [0.4, 0.5) is 0 Å². The van der Waals surface area contributed by atoms with E-state index < -0.39 is 0 Å². The van der Waals surface area contributed by atoms with Gasteiger partial charge in [0.1, 0.15) is 11.3 Å². The van der Waals surface area contributed by atoms with Crippen LogP contribution >= 0.6 is 0 Å². The summed E-state index contributed by atoms with van der Waals surface area (Å²) in [5, 5.41) is 0.865. The highest BCUT2D eigenvalue weighted by atomic mass is 16.5. The second-order valence-electron chi connectivity index (χ2n) is 10.5. The summed E-state index contributed by atoms with van der Waals surface area (Å²) in [7, 11) is 0. The van der Waals surface area contributed by atoms with Gasteiger partial charge in [0, 0.05) is 60.2 Å². The first-order valence-electron chi connectivity index (χ1n) is 13.1. The molecule has 38 heavy (non-hydrogen) atoms. The highest BCUT2D eigenvalue weighted by molar-refractivity contribution is 5.86. The highest BCUT2D eigenvalue weighted by Crippen LogP contribution is 2.35. The Bertz CT molecular complexity index is 1650. The Balaban J connectivity index is 1.19. The topological polar surface area (TPSA) is 81.8 Å². The second-order valence-corrected chi connectivity index (χ2v) is 10.5. The van der Waals surface area contributed by atoms with E-state index in [0.29, 0.717) is 48.5 Å². The van der Waals surface area contributed by atoms with Gasteiger partial charge in [-0.05, 0) is 55.5 Å². The molecule has 0 radical (unpaired) electrons. The molecule has 2 aromatic carbocycles. The number of ether oxygens (including phenoxy) is 1. The molecule has 0 saturated carbocycles. The van der Waals surface area contributed by atoms with Gasteiger partial charge in [-0.1, -0.05) is 36.4 Å². The number of aromatic nitrogens is 1. The molecule has 0 aliphatic carbocycles. The van der Waals surface area contributed by atoms with Crippen LogP contribution in [-0.2, 0) is 17.8 Å². The average Bonchev–Trinajstić information content (AvgIpc) is 2.92. The zero-order valence-corrected chi connectivity index (χ0v) is 21.6. The Labute approximate surface area is 220 Å². The van der Waals surface area contributed by atoms with Crippen molar-refractivity contribution in [1.82, 2.24) is 9.47 Å². The predicted molar refractivity (Wildman–Crippen MR) is 145 cm³/mol. The Morgan fingerprint density at radius 3 is 2.58 bits per heavy atom. The number of nitrogens with zero attached hydrogens (tertiary/aromatic N) is 2. The van der Waals surface area contributed by atoms with E-state index in [1.807, 2.05) is 71.8 Å². The number of rotatable bonds is 5. The molecule has 2 aliphatic heterocycles. The fourth-order valence-corrected chi connectivity index (χ4v) is 6.06. The SMILES string of the molecule is Cc1c(Cc2ccccc2)c(=O)oc2c(C)c(OCC(=O)N3CC4CC(C3)c3cccc(=O)n3C4)ccc12. The van der Waals surface area contributed by atoms with Gasteiger partial charge in [0.05, 0.1) is 0 Å². The molecule has 1 amide bonds. The van der Waals surface area contributed by atoms with E-state index in [-0.39, 0.29) is 35.5 Å². The lowest BCUT2D eigenvalue weighted by atomic mass is 9.83. The standard InChI is InChI=1S/C31H30N2O5/c1-19-24-11-12-27(20(2)30(24)38-31(36)25(19)14-21-7-4-3-5-8-21)37-18-29(35)32-15-22-13-23(17-32)26-9-6-10-28(34)33(26)16-22/h3-12,22-23H,13-18H2,1-2H3. The lowest BCUT2D eigenvalue weighted by Crippen LogP contribution is -2.50. The molecule has 1 saturated heterocycles. The van der Waals surface area contributed by atoms with Crippen LogP contribution < -0.4 is 15.9 Å². The molecule has 4 aromatic rings. The highest BCUT2D eigenvalue weighted by Gasteiger charge is 2.36. The molecule has 7 nitrogen and oxygen atoms in total. The van der Waals surface area contributed by atoms with E-state index in [0.717, 1.165) is 28.6 Å². The van der Waals surface area contributed by atoms with E-state index in [4.69, 9.17) is 9.15 Å². The maximum atomic E-state index is 13.1. The number of piperidine rings is 1. The third-order valence-corrected chi connectivity index (χ3v) is 8.06. The smallest absolute Gasteiger partial charge is 0.340 e. The molecule has 0 spiro atoms. The number of amides is 1. The lowest BCUT2D eigenvalue weighted by molar-refractivity contribution is -0.136. The van der Waals surface area contributed by atoms with Crippen LogP contribution in [0, 0.1) is 19.8 Å². The number of carbonyl (C=O) groups is 1. The summed E-state index contributed by atoms with van der Waals surface area (Å²) in [4.78, 5) is 40.2. The van der Waals surface area contributed by atoms with Crippen molar-refractivity contribution in [2.75, 3.05) is 19.7 Å². The van der Waals surface area contributed by atoms with Crippen LogP contribution in [0.2, 0.25) is 0 Å². The molecule has 0 N–H and O–H groups in total. The molecule has 2 aromatic heterocycles. The van der Waals surface area contributed by atoms with Crippen LogP contribution in [0.5, 0.6) is 5.75 Å². The van der Waals surface area contributed by atoms with Crippen molar-refractivity contribution in [3.63, 3.8) is 0 Å². The molecular formula is C31H30N2O5. The first-order valence-corrected chi connectivity index (χ1v) is 13.1. The van der Waals surface area contributed by atoms with Crippen molar-refractivity contribution in [2.24, 2.45) is 5.92 Å². The summed E-state index contributed by atoms with van der Waals surface area (Å²) in [5.74, 6) is 0.861. The van der Waals surface area contributed by atoms with E-state index in [2.05, 4.69) is 0 Å². The summed E-state index contributed by atoms with van der Waals surface area (Å²) < 4.78 is 13.6. The number of fused-ring (bicyclic) bond motifs is 5. The van der Waals surface area contributed by atoms with Crippen molar-refractivity contribution in [2.45, 2.75) is 39.2 Å². The Morgan fingerprint density at radius 1 is 0.947 bits per heavy atom. The van der Waals surface area contributed by atoms with Crippen LogP contribution in [0.3, 0.4) is 0 Å². The fraction of sp³-hybridized carbons (Fsp3) is 0.323. The molecule has 2 bridgehead atoms. The second kappa shape index (κ2) is 9.63. The van der Waals surface area contributed by atoms with Crippen molar-refractivity contribution < 1.29 is 13.9 Å². The number of benzene rings is 2. The summed E-state index contributed by atoms with van der Waals surface area (Å²) in [6, 6.07) is 19.0. The van der Waals surface area contributed by atoms with E-state index in [1.54, 1.807) is 12.1 Å². The Kier molecular flexibility index (Phi) is 6.14. The first-order chi connectivity index (χ1) is 18.4. The summed E-state index contributed by atoms with van der Waals surface area (Å²) >= 11 is 0. The molecular weight excluding hydrogens is 480 g/mol. The predicted octanol–water partition coefficient (Wildman–Crippen LogP) is 4.19. The van der Waals surface area contributed by atoms with Gasteiger partial charge in [0.25, 0.3) is 11.5 Å². The number of carbonyl (C=O) groups excluding carboxylic acids is 1. The average molecular weight is 511 g/mol. The van der Waals surface area contributed by atoms with E-state index in [1.165, 1.54) is 0 Å². The van der Waals surface area contributed by atoms with Gasteiger partial charge in [0.2, 0.25) is 0 Å². The van der Waals surface area contributed by atoms with Crippen molar-refractivity contribution in [3.8, 4) is 5.75 Å². The maximum Gasteiger partial charge on any atom is 0.340 e. The van der Waals surface area contributed by atoms with Crippen molar-refractivity contribution in [1.29, 1.82) is 0 Å². The van der Waals surface area contributed by atoms with Crippen LogP contribution in [0.1, 0.15) is 40.3 Å². The molecule has 1 fully saturated rings. The maximum absolute atomic E-state index is 13.1. The number of likely N-dealkylation sites (tertiary alicyclic amines) is 1. The minimum atomic E-state index is -0.352. The molecule has 194 valence electrons. The molecule has 2 unspecified atom stereocenters. The van der Waals surface area contributed by atoms with Gasteiger partial charge < -0.3 is 18.6 Å². The zero-order chi connectivity index (χ0) is 26.4. The normalized spacial score (nSPS) is 18.3. The van der Waals surface area contributed by atoms with Crippen molar-refractivity contribution in [3.05, 3.63) is 109 Å². The van der Waals surface area contributed by atoms with Crippen LogP contribution in [0.15, 0.2) is 74.7 Å². The number of pyridine rings is 1. The fourth-order valence-electron chi connectivity index (χ4n) is 6.06. The van der Waals surface area contributed by atoms with Gasteiger partial charge in [-0.25, -0.2) is 4.79 Å². The monoisotopic (exact) mass is 510 g/mol. The summed E-state index contributed by atoms with van der Waals surface area (Å²) in [6.45, 7) is 5.54. The summed E-state index contributed by atoms with van der Waals surface area (Å²) in [6.07, 6.45) is 1.50. The molecule has 6 rings (SSSR count). The Morgan fingerprint density at radius 2 is 1.76 bits per heavy atom. The minimum Gasteiger partial charge on any atom is -0.483 e.